The van der Waals surface area contributed by atoms with Crippen molar-refractivity contribution in [3.8, 4) is 11.4 Å². The number of aromatic nitrogens is 4. The van der Waals surface area contributed by atoms with Crippen LogP contribution in [0, 0.1) is 0 Å². The molecule has 0 saturated carbocycles. The number of fused-ring (bicyclic) bond motifs is 4. The summed E-state index contributed by atoms with van der Waals surface area (Å²) in [6, 6.07) is 14.3. The number of amides is 1. The molecule has 0 bridgehead atoms. The molecule has 0 fully saturated rings. The molecule has 0 atom stereocenters. The predicted molar refractivity (Wildman–Crippen MR) is 135 cm³/mol. The lowest BCUT2D eigenvalue weighted by atomic mass is 9.95. The second-order valence-corrected chi connectivity index (χ2v) is 8.39. The van der Waals surface area contributed by atoms with E-state index < -0.39 is 5.56 Å². The van der Waals surface area contributed by atoms with Gasteiger partial charge in [-0.15, -0.1) is 0 Å². The Morgan fingerprint density at radius 2 is 2.00 bits per heavy atom. The van der Waals surface area contributed by atoms with Crippen LogP contribution in [0.5, 0.6) is 0 Å². The van der Waals surface area contributed by atoms with Crippen LogP contribution in [-0.2, 0) is 0 Å². The Hall–Kier alpha value is -4.37. The van der Waals surface area contributed by atoms with E-state index in [9.17, 15) is 9.59 Å². The van der Waals surface area contributed by atoms with Crippen LogP contribution < -0.4 is 16.3 Å². The van der Waals surface area contributed by atoms with E-state index in [1.807, 2.05) is 32.1 Å². The van der Waals surface area contributed by atoms with Crippen LogP contribution in [0.4, 0.5) is 5.69 Å². The van der Waals surface area contributed by atoms with E-state index in [1.165, 1.54) is 6.20 Å². The highest BCUT2D eigenvalue weighted by Gasteiger charge is 2.16. The van der Waals surface area contributed by atoms with Crippen LogP contribution in [0.25, 0.3) is 44.5 Å². The number of aromatic amines is 2. The summed E-state index contributed by atoms with van der Waals surface area (Å²) < 4.78 is 5.69. The first-order valence-corrected chi connectivity index (χ1v) is 10.8. The molecule has 0 aliphatic rings. The quantitative estimate of drug-likeness (QED) is 0.345. The molecule has 4 heterocycles. The first-order valence-electron chi connectivity index (χ1n) is 10.4. The van der Waals surface area contributed by atoms with E-state index in [4.69, 9.17) is 16.0 Å². The smallest absolute Gasteiger partial charge is 0.294 e. The molecule has 2 aromatic carbocycles. The van der Waals surface area contributed by atoms with E-state index in [2.05, 4.69) is 25.3 Å². The molecule has 0 saturated heterocycles. The molecule has 6 rings (SSSR count). The van der Waals surface area contributed by atoms with Gasteiger partial charge >= 0.3 is 0 Å². The Labute approximate surface area is 197 Å². The maximum atomic E-state index is 12.7. The van der Waals surface area contributed by atoms with Gasteiger partial charge < -0.3 is 19.7 Å². The predicted octanol–water partition coefficient (Wildman–Crippen LogP) is 3.38. The van der Waals surface area contributed by atoms with Crippen molar-refractivity contribution in [3.63, 3.8) is 0 Å². The van der Waals surface area contributed by atoms with Gasteiger partial charge in [0.15, 0.2) is 0 Å². The van der Waals surface area contributed by atoms with Crippen LogP contribution in [0.2, 0.25) is 5.02 Å². The van der Waals surface area contributed by atoms with Gasteiger partial charge in [-0.25, -0.2) is 9.97 Å². The van der Waals surface area contributed by atoms with Crippen LogP contribution in [0.1, 0.15) is 10.4 Å². The van der Waals surface area contributed by atoms with Gasteiger partial charge in [0.05, 0.1) is 10.6 Å². The topological polar surface area (TPSA) is 117 Å². The van der Waals surface area contributed by atoms with Crippen molar-refractivity contribution in [2.75, 3.05) is 5.32 Å². The number of halogens is 1. The Morgan fingerprint density at radius 3 is 2.85 bits per heavy atom. The van der Waals surface area contributed by atoms with Gasteiger partial charge in [0.1, 0.15) is 30.4 Å². The fourth-order valence-corrected chi connectivity index (χ4v) is 4.22. The second kappa shape index (κ2) is 7.60. The van der Waals surface area contributed by atoms with Crippen molar-refractivity contribution in [2.45, 2.75) is 0 Å². The molecule has 0 spiro atoms. The summed E-state index contributed by atoms with van der Waals surface area (Å²) in [5, 5.41) is 4.74. The average Bonchev–Trinajstić information content (AvgIpc) is 3.43. The van der Waals surface area contributed by atoms with E-state index >= 15 is 0 Å². The van der Waals surface area contributed by atoms with E-state index in [0.717, 1.165) is 16.2 Å². The number of H-pyrrole nitrogens is 2. The highest BCUT2D eigenvalue weighted by molar-refractivity contribution is 6.34. The van der Waals surface area contributed by atoms with Crippen LogP contribution in [0.15, 0.2) is 70.1 Å². The Balaban J connectivity index is 1.35. The molecule has 164 valence electrons. The largest absolute Gasteiger partial charge is 0.449 e. The Bertz CT molecular complexity index is 1820. The van der Waals surface area contributed by atoms with Crippen molar-refractivity contribution >= 4 is 69.6 Å². The van der Waals surface area contributed by atoms with Crippen molar-refractivity contribution in [2.24, 2.45) is 0 Å². The molecule has 34 heavy (non-hydrogen) atoms. The maximum Gasteiger partial charge on any atom is 0.294 e. The fourth-order valence-electron chi connectivity index (χ4n) is 3.95. The Kier molecular flexibility index (Phi) is 4.53. The number of carbonyl (C=O) groups is 1. The number of hydrogen-bond donors (Lipinski definition) is 3. The normalized spacial score (nSPS) is 11.4. The minimum absolute atomic E-state index is 0.164. The molecule has 0 aliphatic heterocycles. The molecule has 0 aliphatic carbocycles. The number of benzene rings is 2. The number of hydrogen-bond acceptors (Lipinski definition) is 5. The van der Waals surface area contributed by atoms with Gasteiger partial charge in [-0.2, -0.15) is 0 Å². The third-order valence-electron chi connectivity index (χ3n) is 5.62. The summed E-state index contributed by atoms with van der Waals surface area (Å²) in [7, 11) is 1.96. The minimum atomic E-state index is -0.394. The summed E-state index contributed by atoms with van der Waals surface area (Å²) in [5.41, 5.74) is 4.02. The van der Waals surface area contributed by atoms with Gasteiger partial charge in [-0.3, -0.25) is 9.59 Å². The van der Waals surface area contributed by atoms with Gasteiger partial charge in [0.25, 0.3) is 11.5 Å². The highest BCUT2D eigenvalue weighted by Crippen LogP contribution is 2.31. The first-order chi connectivity index (χ1) is 16.5. The first kappa shape index (κ1) is 20.3. The summed E-state index contributed by atoms with van der Waals surface area (Å²) in [4.78, 5) is 40.0. The van der Waals surface area contributed by atoms with Gasteiger partial charge in [-0.05, 0) is 36.4 Å². The molecule has 0 unspecified atom stereocenters. The van der Waals surface area contributed by atoms with Crippen molar-refractivity contribution in [3.05, 3.63) is 81.9 Å². The molecule has 0 radical (unpaired) electrons. The van der Waals surface area contributed by atoms with Crippen LogP contribution in [0.3, 0.4) is 0 Å². The summed E-state index contributed by atoms with van der Waals surface area (Å²) in [5.74, 6) is -0.000651. The second-order valence-electron chi connectivity index (χ2n) is 7.98. The van der Waals surface area contributed by atoms with Gasteiger partial charge in [-0.1, -0.05) is 29.2 Å². The summed E-state index contributed by atoms with van der Waals surface area (Å²) in [6.07, 6.45) is 3.27. The fraction of sp³-hybridized carbons (Fsp3) is 0. The van der Waals surface area contributed by atoms with Crippen molar-refractivity contribution < 1.29 is 9.21 Å². The zero-order valence-corrected chi connectivity index (χ0v) is 18.5. The lowest BCUT2D eigenvalue weighted by Gasteiger charge is -2.09. The highest BCUT2D eigenvalue weighted by atomic mass is 35.5. The summed E-state index contributed by atoms with van der Waals surface area (Å²) >= 11 is 6.52. The van der Waals surface area contributed by atoms with Crippen molar-refractivity contribution in [1.29, 1.82) is 0 Å². The number of furan rings is 1. The number of rotatable bonds is 3. The molecule has 3 N–H and O–H groups in total. The zero-order chi connectivity index (χ0) is 23.4. The molecule has 1 amide bonds. The number of anilines is 1. The van der Waals surface area contributed by atoms with Crippen LogP contribution in [-0.4, -0.2) is 33.7 Å². The van der Waals surface area contributed by atoms with E-state index in [0.29, 0.717) is 44.4 Å². The number of nitrogens with zero attached hydrogens (tertiary/aromatic N) is 2. The number of nitrogens with one attached hydrogen (secondary N) is 3. The summed E-state index contributed by atoms with van der Waals surface area (Å²) in [6.45, 7) is 0. The molecular formula is C24H15BClN5O3. The molecule has 6 aromatic rings. The zero-order valence-electron chi connectivity index (χ0n) is 17.8. The third kappa shape index (κ3) is 3.34. The monoisotopic (exact) mass is 467 g/mol. The van der Waals surface area contributed by atoms with Gasteiger partial charge in [0.2, 0.25) is 5.58 Å². The molecule has 4 aromatic heterocycles. The lowest BCUT2D eigenvalue weighted by Crippen LogP contribution is -2.12. The standard InChI is InChI=1S/C24H15BClN5O3/c25-13-1-4-18-16(8-13)19-20(34-18)24(33)31-22(30-19)15-3-2-14(9-17(15)26)29-23(32)12-7-11-5-6-27-21(11)28-10-12/h1-10H,25H2,(H,27,28)(H,29,32)(H,30,31,33). The average molecular weight is 468 g/mol. The molecular weight excluding hydrogens is 453 g/mol. The Morgan fingerprint density at radius 1 is 1.12 bits per heavy atom. The van der Waals surface area contributed by atoms with E-state index in [1.54, 1.807) is 30.5 Å². The molecule has 8 nitrogen and oxygen atoms in total. The SMILES string of the molecule is Bc1ccc2oc3c(=O)[nH]c(-c4ccc(NC(=O)c5cnc6[nH]ccc6c5)cc4Cl)nc3c2c1. The van der Waals surface area contributed by atoms with Crippen LogP contribution >= 0.6 is 11.6 Å². The third-order valence-corrected chi connectivity index (χ3v) is 5.94. The number of pyridine rings is 1. The molecule has 10 heteroatoms. The van der Waals surface area contributed by atoms with Gasteiger partial charge in [0, 0.05) is 34.4 Å². The lowest BCUT2D eigenvalue weighted by molar-refractivity contribution is 0.102. The number of carbonyl (C=O) groups excluding carboxylic acids is 1. The van der Waals surface area contributed by atoms with E-state index in [-0.39, 0.29) is 11.5 Å². The minimum Gasteiger partial charge on any atom is -0.449 e. The van der Waals surface area contributed by atoms with Crippen molar-refractivity contribution in [1.82, 2.24) is 19.9 Å². The maximum absolute atomic E-state index is 12.7.